The van der Waals surface area contributed by atoms with Crippen molar-refractivity contribution in [3.8, 4) is 0 Å². The number of ether oxygens (including phenoxy) is 1. The Labute approximate surface area is 194 Å². The molecule has 32 heavy (non-hydrogen) atoms. The van der Waals surface area contributed by atoms with Gasteiger partial charge in [0.2, 0.25) is 0 Å². The van der Waals surface area contributed by atoms with E-state index in [1.54, 1.807) is 25.1 Å². The zero-order valence-electron chi connectivity index (χ0n) is 16.9. The fourth-order valence-corrected chi connectivity index (χ4v) is 4.87. The summed E-state index contributed by atoms with van der Waals surface area (Å²) < 4.78 is 7.54. The first-order chi connectivity index (χ1) is 15.3. The van der Waals surface area contributed by atoms with Crippen molar-refractivity contribution >= 4 is 45.0 Å². The zero-order chi connectivity index (χ0) is 23.0. The molecule has 0 spiro atoms. The predicted molar refractivity (Wildman–Crippen MR) is 123 cm³/mol. The minimum Gasteiger partial charge on any atom is -0.466 e. The summed E-state index contributed by atoms with van der Waals surface area (Å²) in [6.07, 6.45) is 1.48. The summed E-state index contributed by atoms with van der Waals surface area (Å²) in [4.78, 5) is 41.8. The second kappa shape index (κ2) is 8.64. The first-order valence-corrected chi connectivity index (χ1v) is 11.0. The summed E-state index contributed by atoms with van der Waals surface area (Å²) in [6.45, 7) is 1.69. The molecule has 1 aliphatic heterocycles. The SMILES string of the molecule is COC(=O)C1=C(C)N=c2sc(=Cc3ccccc3[N+](=O)[O-])c(=O)n2C1c1ccc(Br)cc1. The molecule has 0 saturated heterocycles. The fourth-order valence-electron chi connectivity index (χ4n) is 3.57. The van der Waals surface area contributed by atoms with Gasteiger partial charge in [-0.25, -0.2) is 9.79 Å². The molecule has 1 aromatic heterocycles. The lowest BCUT2D eigenvalue weighted by Crippen LogP contribution is -2.39. The summed E-state index contributed by atoms with van der Waals surface area (Å²) >= 11 is 4.51. The monoisotopic (exact) mass is 513 g/mol. The van der Waals surface area contributed by atoms with Gasteiger partial charge in [-0.2, -0.15) is 0 Å². The number of allylic oxidation sites excluding steroid dienone is 1. The Hall–Kier alpha value is -3.37. The number of carbonyl (C=O) groups is 1. The number of halogens is 1. The molecule has 0 radical (unpaired) electrons. The van der Waals surface area contributed by atoms with Crippen LogP contribution in [0.25, 0.3) is 6.08 Å². The standard InChI is InChI=1S/C22H16BrN3O5S/c1-12-18(21(28)31-2)19(13-7-9-15(23)10-8-13)25-20(27)17(32-22(25)24-12)11-14-5-3-4-6-16(14)26(29)30/h3-11,19H,1-2H3. The van der Waals surface area contributed by atoms with E-state index in [4.69, 9.17) is 4.74 Å². The van der Waals surface area contributed by atoms with E-state index in [1.165, 1.54) is 23.8 Å². The molecule has 0 aliphatic carbocycles. The van der Waals surface area contributed by atoms with Crippen LogP contribution in [0.2, 0.25) is 0 Å². The second-order valence-electron chi connectivity index (χ2n) is 6.94. The minimum atomic E-state index is -0.736. The van der Waals surface area contributed by atoms with E-state index < -0.39 is 22.5 Å². The first kappa shape index (κ1) is 21.8. The Balaban J connectivity index is 1.99. The van der Waals surface area contributed by atoms with Crippen LogP contribution in [-0.2, 0) is 9.53 Å². The lowest BCUT2D eigenvalue weighted by atomic mass is 9.96. The van der Waals surface area contributed by atoms with Crippen LogP contribution < -0.4 is 14.9 Å². The number of aromatic nitrogens is 1. The van der Waals surface area contributed by atoms with Gasteiger partial charge in [0.15, 0.2) is 4.80 Å². The Bertz CT molecular complexity index is 1450. The summed E-state index contributed by atoms with van der Waals surface area (Å²) in [7, 11) is 1.28. The van der Waals surface area contributed by atoms with Crippen molar-refractivity contribution in [1.82, 2.24) is 4.57 Å². The third-order valence-electron chi connectivity index (χ3n) is 5.03. The van der Waals surface area contributed by atoms with E-state index in [2.05, 4.69) is 20.9 Å². The third kappa shape index (κ3) is 3.82. The number of nitrogens with zero attached hydrogens (tertiary/aromatic N) is 3. The number of para-hydroxylation sites is 1. The molecule has 0 fully saturated rings. The van der Waals surface area contributed by atoms with Crippen LogP contribution in [0.3, 0.4) is 0 Å². The van der Waals surface area contributed by atoms with E-state index in [9.17, 15) is 19.7 Å². The van der Waals surface area contributed by atoms with E-state index in [-0.39, 0.29) is 15.8 Å². The Morgan fingerprint density at radius 2 is 1.94 bits per heavy atom. The van der Waals surface area contributed by atoms with Crippen LogP contribution in [0.4, 0.5) is 5.69 Å². The number of hydrogen-bond donors (Lipinski definition) is 0. The van der Waals surface area contributed by atoms with E-state index in [0.29, 0.717) is 21.6 Å². The Kier molecular flexibility index (Phi) is 5.90. The molecule has 1 atom stereocenters. The van der Waals surface area contributed by atoms with Crippen LogP contribution in [-0.4, -0.2) is 22.6 Å². The molecule has 3 aromatic rings. The number of rotatable bonds is 4. The summed E-state index contributed by atoms with van der Waals surface area (Å²) in [5.41, 5.74) is 1.23. The topological polar surface area (TPSA) is 104 Å². The normalized spacial score (nSPS) is 15.8. The van der Waals surface area contributed by atoms with Crippen LogP contribution in [0.1, 0.15) is 24.1 Å². The van der Waals surface area contributed by atoms with Crippen molar-refractivity contribution < 1.29 is 14.5 Å². The molecule has 0 amide bonds. The maximum Gasteiger partial charge on any atom is 0.338 e. The lowest BCUT2D eigenvalue weighted by Gasteiger charge is -2.24. The molecular weight excluding hydrogens is 498 g/mol. The predicted octanol–water partition coefficient (Wildman–Crippen LogP) is 3.08. The number of nitro benzene ring substituents is 1. The van der Waals surface area contributed by atoms with E-state index in [0.717, 1.165) is 15.8 Å². The molecule has 2 aromatic carbocycles. The summed E-state index contributed by atoms with van der Waals surface area (Å²) in [5.74, 6) is -0.577. The molecule has 8 nitrogen and oxygen atoms in total. The number of thiazole rings is 1. The van der Waals surface area contributed by atoms with Gasteiger partial charge in [0.25, 0.3) is 11.2 Å². The summed E-state index contributed by atoms with van der Waals surface area (Å²) in [5, 5.41) is 11.4. The van der Waals surface area contributed by atoms with Gasteiger partial charge in [-0.15, -0.1) is 0 Å². The average molecular weight is 514 g/mol. The fraction of sp³-hybridized carbons (Fsp3) is 0.136. The molecule has 1 aliphatic rings. The van der Waals surface area contributed by atoms with Crippen LogP contribution in [0.15, 0.2) is 74.1 Å². The second-order valence-corrected chi connectivity index (χ2v) is 8.87. The van der Waals surface area contributed by atoms with Crippen molar-refractivity contribution in [1.29, 1.82) is 0 Å². The number of carbonyl (C=O) groups excluding carboxylic acids is 1. The molecule has 0 saturated carbocycles. The minimum absolute atomic E-state index is 0.103. The summed E-state index contributed by atoms with van der Waals surface area (Å²) in [6, 6.07) is 12.7. The molecule has 162 valence electrons. The zero-order valence-corrected chi connectivity index (χ0v) is 19.3. The molecule has 2 heterocycles. The van der Waals surface area contributed by atoms with Gasteiger partial charge in [0, 0.05) is 10.5 Å². The number of nitro groups is 1. The number of benzene rings is 2. The highest BCUT2D eigenvalue weighted by atomic mass is 79.9. The quantitative estimate of drug-likeness (QED) is 0.303. The molecular formula is C22H16BrN3O5S. The van der Waals surface area contributed by atoms with Gasteiger partial charge in [0.1, 0.15) is 0 Å². The third-order valence-corrected chi connectivity index (χ3v) is 6.54. The van der Waals surface area contributed by atoms with Crippen molar-refractivity contribution in [3.63, 3.8) is 0 Å². The maximum atomic E-state index is 13.4. The van der Waals surface area contributed by atoms with Gasteiger partial charge < -0.3 is 4.74 Å². The molecule has 0 bridgehead atoms. The van der Waals surface area contributed by atoms with Crippen LogP contribution in [0, 0.1) is 10.1 Å². The highest BCUT2D eigenvalue weighted by Crippen LogP contribution is 2.31. The highest BCUT2D eigenvalue weighted by molar-refractivity contribution is 9.10. The number of fused-ring (bicyclic) bond motifs is 1. The van der Waals surface area contributed by atoms with Crippen molar-refractivity contribution in [2.75, 3.05) is 7.11 Å². The first-order valence-electron chi connectivity index (χ1n) is 9.41. The van der Waals surface area contributed by atoms with Gasteiger partial charge in [-0.3, -0.25) is 19.5 Å². The van der Waals surface area contributed by atoms with Crippen molar-refractivity contribution in [2.45, 2.75) is 13.0 Å². The van der Waals surface area contributed by atoms with Gasteiger partial charge in [0.05, 0.1) is 39.4 Å². The Morgan fingerprint density at radius 1 is 1.25 bits per heavy atom. The largest absolute Gasteiger partial charge is 0.466 e. The van der Waals surface area contributed by atoms with E-state index in [1.807, 2.05) is 24.3 Å². The number of methoxy groups -OCH3 is 1. The van der Waals surface area contributed by atoms with Crippen LogP contribution >= 0.6 is 27.3 Å². The van der Waals surface area contributed by atoms with Crippen LogP contribution in [0.5, 0.6) is 0 Å². The highest BCUT2D eigenvalue weighted by Gasteiger charge is 2.33. The number of esters is 1. The van der Waals surface area contributed by atoms with Gasteiger partial charge >= 0.3 is 5.97 Å². The maximum absolute atomic E-state index is 13.4. The average Bonchev–Trinajstić information content (AvgIpc) is 3.07. The Morgan fingerprint density at radius 3 is 2.59 bits per heavy atom. The van der Waals surface area contributed by atoms with E-state index >= 15 is 0 Å². The molecule has 0 N–H and O–H groups in total. The van der Waals surface area contributed by atoms with Gasteiger partial charge in [-0.05, 0) is 36.8 Å². The smallest absolute Gasteiger partial charge is 0.338 e. The van der Waals surface area contributed by atoms with Gasteiger partial charge in [-0.1, -0.05) is 51.5 Å². The molecule has 4 rings (SSSR count). The molecule has 10 heteroatoms. The van der Waals surface area contributed by atoms with Crippen molar-refractivity contribution in [2.24, 2.45) is 4.99 Å². The van der Waals surface area contributed by atoms with Crippen molar-refractivity contribution in [3.05, 3.63) is 105 Å². The lowest BCUT2D eigenvalue weighted by molar-refractivity contribution is -0.385. The number of hydrogen-bond acceptors (Lipinski definition) is 7. The molecule has 1 unspecified atom stereocenters.